The summed E-state index contributed by atoms with van der Waals surface area (Å²) in [5.41, 5.74) is 3.82. The van der Waals surface area contributed by atoms with Gasteiger partial charge in [0.2, 0.25) is 5.95 Å². The molecule has 4 rings (SSSR count). The summed E-state index contributed by atoms with van der Waals surface area (Å²) in [6.07, 6.45) is 2.57. The Bertz CT molecular complexity index is 1470. The Morgan fingerprint density at radius 3 is 2.60 bits per heavy atom. The van der Waals surface area contributed by atoms with Crippen LogP contribution in [0, 0.1) is 11.3 Å². The second-order valence-corrected chi connectivity index (χ2v) is 10.4. The highest BCUT2D eigenvalue weighted by Gasteiger charge is 2.23. The molecular formula is C30H34N6O3S. The van der Waals surface area contributed by atoms with Crippen molar-refractivity contribution in [2.75, 3.05) is 64.8 Å². The molecule has 2 heterocycles. The van der Waals surface area contributed by atoms with Crippen molar-refractivity contribution in [2.24, 2.45) is 0 Å². The minimum atomic E-state index is 0.152. The summed E-state index contributed by atoms with van der Waals surface area (Å²) in [5, 5.41) is 23.3. The highest BCUT2D eigenvalue weighted by atomic mass is 32.1. The smallest absolute Gasteiger partial charge is 0.227 e. The molecule has 0 amide bonds. The van der Waals surface area contributed by atoms with Crippen molar-refractivity contribution in [3.05, 3.63) is 66.4 Å². The summed E-state index contributed by atoms with van der Waals surface area (Å²) in [5.74, 6) is 1.91. The molecule has 0 atom stereocenters. The van der Waals surface area contributed by atoms with Gasteiger partial charge in [-0.2, -0.15) is 5.26 Å². The van der Waals surface area contributed by atoms with Crippen LogP contribution >= 0.6 is 11.3 Å². The van der Waals surface area contributed by atoms with Crippen LogP contribution in [0.3, 0.4) is 0 Å². The Hall–Kier alpha value is -4.17. The van der Waals surface area contributed by atoms with Gasteiger partial charge in [-0.15, -0.1) is 11.3 Å². The first-order valence-electron chi connectivity index (χ1n) is 12.9. The maximum Gasteiger partial charge on any atom is 0.227 e. The number of aliphatic hydroxyl groups is 1. The van der Waals surface area contributed by atoms with Crippen LogP contribution in [0.25, 0.3) is 21.7 Å². The molecule has 40 heavy (non-hydrogen) atoms. The van der Waals surface area contributed by atoms with Gasteiger partial charge in [0.05, 0.1) is 36.5 Å². The van der Waals surface area contributed by atoms with E-state index in [1.54, 1.807) is 13.3 Å². The number of nitrogens with zero attached hydrogens (tertiary/aromatic N) is 5. The summed E-state index contributed by atoms with van der Waals surface area (Å²) >= 11 is 1.52. The lowest BCUT2D eigenvalue weighted by atomic mass is 10.00. The predicted octanol–water partition coefficient (Wildman–Crippen LogP) is 5.25. The van der Waals surface area contributed by atoms with Gasteiger partial charge in [-0.3, -0.25) is 0 Å². The van der Waals surface area contributed by atoms with Gasteiger partial charge in [0.1, 0.15) is 22.6 Å². The minimum absolute atomic E-state index is 0.152. The highest BCUT2D eigenvalue weighted by molar-refractivity contribution is 7.20. The summed E-state index contributed by atoms with van der Waals surface area (Å²) in [7, 11) is 7.47. The fourth-order valence-corrected chi connectivity index (χ4v) is 5.38. The summed E-state index contributed by atoms with van der Waals surface area (Å²) in [4.78, 5) is 14.2. The Labute approximate surface area is 239 Å². The molecule has 2 aromatic carbocycles. The monoisotopic (exact) mass is 558 g/mol. The second-order valence-electron chi connectivity index (χ2n) is 9.37. The van der Waals surface area contributed by atoms with E-state index in [-0.39, 0.29) is 6.61 Å². The predicted molar refractivity (Wildman–Crippen MR) is 161 cm³/mol. The number of benzene rings is 2. The quantitative estimate of drug-likeness (QED) is 0.213. The van der Waals surface area contributed by atoms with Crippen LogP contribution in [0.15, 0.2) is 60.8 Å². The first-order chi connectivity index (χ1) is 19.4. The number of aromatic nitrogens is 2. The summed E-state index contributed by atoms with van der Waals surface area (Å²) < 4.78 is 11.4. The third-order valence-corrected chi connectivity index (χ3v) is 7.56. The number of thiophene rings is 1. The molecule has 0 aliphatic carbocycles. The lowest BCUT2D eigenvalue weighted by Gasteiger charge is -2.15. The molecule has 10 heteroatoms. The molecule has 208 valence electrons. The van der Waals surface area contributed by atoms with Crippen LogP contribution in [-0.4, -0.2) is 74.5 Å². The molecule has 2 N–H and O–H groups in total. The van der Waals surface area contributed by atoms with Gasteiger partial charge < -0.3 is 29.7 Å². The number of rotatable bonds is 13. The number of ether oxygens (including phenoxy) is 2. The molecule has 0 saturated heterocycles. The molecule has 0 bridgehead atoms. The van der Waals surface area contributed by atoms with Crippen molar-refractivity contribution < 1.29 is 14.6 Å². The second kappa shape index (κ2) is 13.8. The van der Waals surface area contributed by atoms with Crippen LogP contribution in [0.1, 0.15) is 12.0 Å². The van der Waals surface area contributed by atoms with Crippen molar-refractivity contribution in [3.63, 3.8) is 0 Å². The van der Waals surface area contributed by atoms with Gasteiger partial charge in [0.15, 0.2) is 0 Å². The van der Waals surface area contributed by atoms with E-state index in [2.05, 4.69) is 21.3 Å². The Kier molecular flexibility index (Phi) is 9.91. The minimum Gasteiger partial charge on any atom is -0.497 e. The van der Waals surface area contributed by atoms with Crippen molar-refractivity contribution in [1.29, 1.82) is 5.26 Å². The number of aliphatic hydroxyl groups excluding tert-OH is 1. The van der Waals surface area contributed by atoms with Crippen LogP contribution in [0.4, 0.5) is 16.6 Å². The molecule has 0 spiro atoms. The molecule has 0 saturated carbocycles. The highest BCUT2D eigenvalue weighted by Crippen LogP contribution is 2.46. The van der Waals surface area contributed by atoms with Crippen molar-refractivity contribution in [3.8, 4) is 39.3 Å². The van der Waals surface area contributed by atoms with E-state index in [1.165, 1.54) is 11.3 Å². The van der Waals surface area contributed by atoms with Crippen LogP contribution in [-0.2, 0) is 0 Å². The third-order valence-electron chi connectivity index (χ3n) is 6.18. The molecule has 0 radical (unpaired) electrons. The number of hydrogen-bond acceptors (Lipinski definition) is 10. The van der Waals surface area contributed by atoms with Crippen molar-refractivity contribution in [2.45, 2.75) is 6.42 Å². The van der Waals surface area contributed by atoms with Gasteiger partial charge >= 0.3 is 0 Å². The van der Waals surface area contributed by atoms with E-state index in [9.17, 15) is 5.26 Å². The average molecular weight is 559 g/mol. The lowest BCUT2D eigenvalue weighted by Crippen LogP contribution is -2.24. The van der Waals surface area contributed by atoms with Crippen LogP contribution < -0.4 is 19.7 Å². The molecule has 4 aromatic rings. The zero-order valence-electron chi connectivity index (χ0n) is 23.2. The zero-order chi connectivity index (χ0) is 28.5. The molecule has 2 aromatic heterocycles. The van der Waals surface area contributed by atoms with Gasteiger partial charge in [-0.1, -0.05) is 18.2 Å². The van der Waals surface area contributed by atoms with Gasteiger partial charge in [-0.25, -0.2) is 9.97 Å². The lowest BCUT2D eigenvalue weighted by molar-refractivity contribution is 0.207. The maximum atomic E-state index is 10.1. The number of nitrogens with one attached hydrogen (secondary N) is 1. The number of nitriles is 1. The molecule has 0 fully saturated rings. The number of likely N-dealkylation sites (N-methyl/N-ethyl adjacent to an activating group) is 1. The normalized spacial score (nSPS) is 10.8. The van der Waals surface area contributed by atoms with Crippen molar-refractivity contribution >= 4 is 28.0 Å². The van der Waals surface area contributed by atoms with Crippen LogP contribution in [0.2, 0.25) is 0 Å². The van der Waals surface area contributed by atoms with Gasteiger partial charge in [-0.05, 0) is 49.4 Å². The molecule has 0 unspecified atom stereocenters. The maximum absolute atomic E-state index is 10.1. The Balaban J connectivity index is 1.59. The SMILES string of the molecule is COc1cccc(-c2c(-c3ccnc(Nc4cccc(OCCCN(C)CCO)c4)n3)sc(N(C)C)c2C#N)c1. The van der Waals surface area contributed by atoms with Gasteiger partial charge in [0.25, 0.3) is 0 Å². The number of methoxy groups -OCH3 is 1. The fourth-order valence-electron chi connectivity index (χ4n) is 4.22. The van der Waals surface area contributed by atoms with Crippen LogP contribution in [0.5, 0.6) is 11.5 Å². The van der Waals surface area contributed by atoms with E-state index in [1.807, 2.05) is 80.6 Å². The van der Waals surface area contributed by atoms with E-state index in [0.29, 0.717) is 36.1 Å². The summed E-state index contributed by atoms with van der Waals surface area (Å²) in [6, 6.07) is 19.7. The zero-order valence-corrected chi connectivity index (χ0v) is 24.0. The number of anilines is 3. The molecule has 0 aliphatic rings. The Morgan fingerprint density at radius 1 is 1.05 bits per heavy atom. The van der Waals surface area contributed by atoms with E-state index in [4.69, 9.17) is 19.6 Å². The first-order valence-corrected chi connectivity index (χ1v) is 13.8. The Morgan fingerprint density at radius 2 is 1.85 bits per heavy atom. The van der Waals surface area contributed by atoms with E-state index in [0.717, 1.165) is 45.4 Å². The third kappa shape index (κ3) is 7.07. The summed E-state index contributed by atoms with van der Waals surface area (Å²) in [6.45, 7) is 2.23. The fraction of sp³-hybridized carbons (Fsp3) is 0.300. The van der Waals surface area contributed by atoms with Crippen molar-refractivity contribution in [1.82, 2.24) is 14.9 Å². The van der Waals surface area contributed by atoms with Gasteiger partial charge in [0, 0.05) is 50.7 Å². The molecular weight excluding hydrogens is 524 g/mol. The molecule has 0 aliphatic heterocycles. The first kappa shape index (κ1) is 28.8. The average Bonchev–Trinajstić information content (AvgIpc) is 3.36. The topological polar surface area (TPSA) is 107 Å². The van der Waals surface area contributed by atoms with E-state index >= 15 is 0 Å². The van der Waals surface area contributed by atoms with E-state index < -0.39 is 0 Å². The number of hydrogen-bond donors (Lipinski definition) is 2. The molecule has 9 nitrogen and oxygen atoms in total. The largest absolute Gasteiger partial charge is 0.497 e. The standard InChI is InChI=1S/C30H34N6O3S/c1-35(2)29-25(20-31)27(21-8-5-10-23(18-21)38-4)28(40-29)26-12-13-32-30(34-26)33-22-9-6-11-24(19-22)39-17-7-14-36(3)15-16-37/h5-6,8-13,18-19,37H,7,14-17H2,1-4H3,(H,32,33,34).